The standard InChI is InChI=1S/C23H24N4O/c1-17-7-5-10-20(15-17)24-23(28)19-9-6-8-18(16-19)21-11-12-22(26-25-21)27-13-3-2-4-14-27/h5-12,15-16H,2-4,13-14H2,1H3,(H,24,28). The van der Waals surface area contributed by atoms with E-state index in [1.807, 2.05) is 67.6 Å². The molecule has 4 rings (SSSR count). The van der Waals surface area contributed by atoms with Crippen LogP contribution in [0.3, 0.4) is 0 Å². The summed E-state index contributed by atoms with van der Waals surface area (Å²) in [6.45, 7) is 4.09. The second-order valence-corrected chi connectivity index (χ2v) is 7.23. The van der Waals surface area contributed by atoms with E-state index in [0.29, 0.717) is 5.56 Å². The molecule has 2 heterocycles. The van der Waals surface area contributed by atoms with Gasteiger partial charge in [0.25, 0.3) is 5.91 Å². The largest absolute Gasteiger partial charge is 0.355 e. The van der Waals surface area contributed by atoms with Crippen molar-refractivity contribution in [3.63, 3.8) is 0 Å². The van der Waals surface area contributed by atoms with E-state index in [9.17, 15) is 4.79 Å². The minimum atomic E-state index is -0.134. The maximum atomic E-state index is 12.6. The van der Waals surface area contributed by atoms with Gasteiger partial charge in [0.1, 0.15) is 0 Å². The second-order valence-electron chi connectivity index (χ2n) is 7.23. The van der Waals surface area contributed by atoms with E-state index in [2.05, 4.69) is 20.4 Å². The number of aromatic nitrogens is 2. The Balaban J connectivity index is 1.50. The van der Waals surface area contributed by atoms with Crippen LogP contribution >= 0.6 is 0 Å². The minimum absolute atomic E-state index is 0.134. The van der Waals surface area contributed by atoms with E-state index in [0.717, 1.165) is 41.4 Å². The number of anilines is 2. The average Bonchev–Trinajstić information content (AvgIpc) is 2.75. The molecule has 1 aliphatic rings. The van der Waals surface area contributed by atoms with Crippen LogP contribution < -0.4 is 10.2 Å². The highest BCUT2D eigenvalue weighted by Gasteiger charge is 2.13. The van der Waals surface area contributed by atoms with Gasteiger partial charge < -0.3 is 10.2 Å². The molecule has 5 nitrogen and oxygen atoms in total. The molecule has 142 valence electrons. The predicted molar refractivity (Wildman–Crippen MR) is 113 cm³/mol. The molecule has 5 heteroatoms. The first-order valence-electron chi connectivity index (χ1n) is 9.76. The fourth-order valence-corrected chi connectivity index (χ4v) is 3.52. The second kappa shape index (κ2) is 8.21. The molecule has 0 atom stereocenters. The predicted octanol–water partition coefficient (Wildman–Crippen LogP) is 4.69. The Morgan fingerprint density at radius 3 is 2.50 bits per heavy atom. The first-order valence-corrected chi connectivity index (χ1v) is 9.76. The van der Waals surface area contributed by atoms with E-state index in [1.54, 1.807) is 0 Å². The average molecular weight is 372 g/mol. The molecule has 0 radical (unpaired) electrons. The number of carbonyl (C=O) groups is 1. The van der Waals surface area contributed by atoms with Crippen molar-refractivity contribution in [1.29, 1.82) is 0 Å². The molecule has 1 N–H and O–H groups in total. The van der Waals surface area contributed by atoms with Crippen molar-refractivity contribution in [2.75, 3.05) is 23.3 Å². The molecular formula is C23H24N4O. The Hall–Kier alpha value is -3.21. The Labute approximate surface area is 165 Å². The first kappa shape index (κ1) is 18.2. The molecule has 1 saturated heterocycles. The third-order valence-corrected chi connectivity index (χ3v) is 5.03. The van der Waals surface area contributed by atoms with Gasteiger partial charge in [0.15, 0.2) is 5.82 Å². The molecule has 1 amide bonds. The van der Waals surface area contributed by atoms with Crippen molar-refractivity contribution in [2.24, 2.45) is 0 Å². The number of carbonyl (C=O) groups excluding carboxylic acids is 1. The van der Waals surface area contributed by atoms with Crippen molar-refractivity contribution < 1.29 is 4.79 Å². The molecule has 0 saturated carbocycles. The minimum Gasteiger partial charge on any atom is -0.355 e. The highest BCUT2D eigenvalue weighted by atomic mass is 16.1. The maximum Gasteiger partial charge on any atom is 0.255 e. The van der Waals surface area contributed by atoms with Crippen LogP contribution in [0.2, 0.25) is 0 Å². The maximum absolute atomic E-state index is 12.6. The smallest absolute Gasteiger partial charge is 0.255 e. The van der Waals surface area contributed by atoms with E-state index in [4.69, 9.17) is 0 Å². The lowest BCUT2D eigenvalue weighted by Gasteiger charge is -2.27. The van der Waals surface area contributed by atoms with Crippen molar-refractivity contribution in [2.45, 2.75) is 26.2 Å². The Kier molecular flexibility index (Phi) is 5.33. The summed E-state index contributed by atoms with van der Waals surface area (Å²) in [5.74, 6) is 0.794. The van der Waals surface area contributed by atoms with Gasteiger partial charge in [0.05, 0.1) is 5.69 Å². The molecule has 1 aromatic heterocycles. The number of hydrogen-bond donors (Lipinski definition) is 1. The zero-order chi connectivity index (χ0) is 19.3. The summed E-state index contributed by atoms with van der Waals surface area (Å²) in [5, 5.41) is 11.8. The summed E-state index contributed by atoms with van der Waals surface area (Å²) in [6, 6.07) is 19.3. The van der Waals surface area contributed by atoms with Gasteiger partial charge in [0, 0.05) is 29.9 Å². The highest BCUT2D eigenvalue weighted by molar-refractivity contribution is 6.04. The van der Waals surface area contributed by atoms with Crippen molar-refractivity contribution >= 4 is 17.4 Å². The normalized spacial score (nSPS) is 14.0. The summed E-state index contributed by atoms with van der Waals surface area (Å²) in [6.07, 6.45) is 3.71. The molecular weight excluding hydrogens is 348 g/mol. The zero-order valence-electron chi connectivity index (χ0n) is 16.1. The number of benzene rings is 2. The Bertz CT molecular complexity index is 962. The summed E-state index contributed by atoms with van der Waals surface area (Å²) >= 11 is 0. The summed E-state index contributed by atoms with van der Waals surface area (Å²) in [4.78, 5) is 14.9. The molecule has 0 bridgehead atoms. The monoisotopic (exact) mass is 372 g/mol. The Morgan fingerprint density at radius 2 is 1.75 bits per heavy atom. The first-order chi connectivity index (χ1) is 13.7. The summed E-state index contributed by atoms with van der Waals surface area (Å²) in [7, 11) is 0. The molecule has 2 aromatic carbocycles. The third kappa shape index (κ3) is 4.19. The molecule has 3 aromatic rings. The topological polar surface area (TPSA) is 58.1 Å². The number of nitrogens with one attached hydrogen (secondary N) is 1. The molecule has 28 heavy (non-hydrogen) atoms. The number of aryl methyl sites for hydroxylation is 1. The van der Waals surface area contributed by atoms with Crippen molar-refractivity contribution in [3.05, 3.63) is 71.8 Å². The number of rotatable bonds is 4. The highest BCUT2D eigenvalue weighted by Crippen LogP contribution is 2.22. The van der Waals surface area contributed by atoms with Crippen LogP contribution in [0.15, 0.2) is 60.7 Å². The summed E-state index contributed by atoms with van der Waals surface area (Å²) in [5.41, 5.74) is 4.15. The number of hydrogen-bond acceptors (Lipinski definition) is 4. The van der Waals surface area contributed by atoms with Crippen LogP contribution in [-0.4, -0.2) is 29.2 Å². The van der Waals surface area contributed by atoms with Crippen LogP contribution in [0.5, 0.6) is 0 Å². The van der Waals surface area contributed by atoms with Gasteiger partial charge in [-0.15, -0.1) is 10.2 Å². The zero-order valence-corrected chi connectivity index (χ0v) is 16.1. The van der Waals surface area contributed by atoms with Crippen LogP contribution in [-0.2, 0) is 0 Å². The number of nitrogens with zero attached hydrogens (tertiary/aromatic N) is 3. The van der Waals surface area contributed by atoms with E-state index in [-0.39, 0.29) is 5.91 Å². The van der Waals surface area contributed by atoms with E-state index < -0.39 is 0 Å². The van der Waals surface area contributed by atoms with Gasteiger partial charge >= 0.3 is 0 Å². The van der Waals surface area contributed by atoms with Crippen LogP contribution in [0, 0.1) is 6.92 Å². The quantitative estimate of drug-likeness (QED) is 0.721. The van der Waals surface area contributed by atoms with Crippen LogP contribution in [0.4, 0.5) is 11.5 Å². The lowest BCUT2D eigenvalue weighted by molar-refractivity contribution is 0.102. The molecule has 1 aliphatic heterocycles. The number of piperidine rings is 1. The Morgan fingerprint density at radius 1 is 0.929 bits per heavy atom. The molecule has 1 fully saturated rings. The third-order valence-electron chi connectivity index (χ3n) is 5.03. The van der Waals surface area contributed by atoms with Gasteiger partial charge in [-0.1, -0.05) is 24.3 Å². The molecule has 0 unspecified atom stereocenters. The van der Waals surface area contributed by atoms with E-state index in [1.165, 1.54) is 19.3 Å². The van der Waals surface area contributed by atoms with E-state index >= 15 is 0 Å². The van der Waals surface area contributed by atoms with Gasteiger partial charge in [0.2, 0.25) is 0 Å². The number of amides is 1. The van der Waals surface area contributed by atoms with Crippen LogP contribution in [0.25, 0.3) is 11.3 Å². The molecule has 0 spiro atoms. The van der Waals surface area contributed by atoms with Crippen molar-refractivity contribution in [1.82, 2.24) is 10.2 Å². The lowest BCUT2D eigenvalue weighted by atomic mass is 10.1. The molecule has 0 aliphatic carbocycles. The van der Waals surface area contributed by atoms with Crippen LogP contribution in [0.1, 0.15) is 35.2 Å². The fourth-order valence-electron chi connectivity index (χ4n) is 3.52. The lowest BCUT2D eigenvalue weighted by Crippen LogP contribution is -2.30. The summed E-state index contributed by atoms with van der Waals surface area (Å²) < 4.78 is 0. The fraction of sp³-hybridized carbons (Fsp3) is 0.261. The van der Waals surface area contributed by atoms with Gasteiger partial charge in [-0.25, -0.2) is 0 Å². The van der Waals surface area contributed by atoms with Gasteiger partial charge in [-0.2, -0.15) is 0 Å². The van der Waals surface area contributed by atoms with Crippen molar-refractivity contribution in [3.8, 4) is 11.3 Å². The van der Waals surface area contributed by atoms with Gasteiger partial charge in [-0.3, -0.25) is 4.79 Å². The van der Waals surface area contributed by atoms with Gasteiger partial charge in [-0.05, 0) is 68.1 Å². The SMILES string of the molecule is Cc1cccc(NC(=O)c2cccc(-c3ccc(N4CCCCC4)nn3)c2)c1.